The molecule has 0 amide bonds. The number of aliphatic hydroxyl groups is 1. The highest BCUT2D eigenvalue weighted by Crippen LogP contribution is 2.11. The fourth-order valence-corrected chi connectivity index (χ4v) is 2.61. The molecule has 5 nitrogen and oxygen atoms in total. The van der Waals surface area contributed by atoms with Gasteiger partial charge in [-0.2, -0.15) is 0 Å². The molecule has 0 fully saturated rings. The Morgan fingerprint density at radius 2 is 1.78 bits per heavy atom. The third-order valence-electron chi connectivity index (χ3n) is 2.64. The number of nitrogens with zero attached hydrogens (tertiary/aromatic N) is 1. The first-order valence-corrected chi connectivity index (χ1v) is 7.22. The zero-order valence-electron chi connectivity index (χ0n) is 10.7. The predicted octanol–water partition coefficient (Wildman–Crippen LogP) is 0.587. The second kappa shape index (κ2) is 6.84. The predicted molar refractivity (Wildman–Crippen MR) is 69.5 cm³/mol. The Kier molecular flexibility index (Phi) is 5.74. The lowest BCUT2D eigenvalue weighted by Gasteiger charge is -2.16. The van der Waals surface area contributed by atoms with Crippen LogP contribution in [0, 0.1) is 0 Å². The summed E-state index contributed by atoms with van der Waals surface area (Å²) in [6.45, 7) is 0.674. The minimum atomic E-state index is -3.31. The number of ether oxygens (including phenoxy) is 1. The topological polar surface area (TPSA) is 66.8 Å². The van der Waals surface area contributed by atoms with Gasteiger partial charge in [-0.25, -0.2) is 12.7 Å². The molecular formula is C12H19NO4S. The van der Waals surface area contributed by atoms with Crippen LogP contribution < -0.4 is 0 Å². The Bertz CT molecular complexity index is 455. The summed E-state index contributed by atoms with van der Waals surface area (Å²) in [4.78, 5) is 0. The number of rotatable bonds is 7. The summed E-state index contributed by atoms with van der Waals surface area (Å²) in [6, 6.07) is 6.88. The molecule has 0 radical (unpaired) electrons. The molecule has 102 valence electrons. The number of benzene rings is 1. The summed E-state index contributed by atoms with van der Waals surface area (Å²) in [5.41, 5.74) is 1.47. The average Bonchev–Trinajstić information content (AvgIpc) is 2.36. The molecular weight excluding hydrogens is 254 g/mol. The van der Waals surface area contributed by atoms with Crippen molar-refractivity contribution in [2.75, 3.05) is 27.3 Å². The minimum absolute atomic E-state index is 0.0409. The summed E-state index contributed by atoms with van der Waals surface area (Å²) in [5, 5.41) is 8.91. The van der Waals surface area contributed by atoms with Crippen LogP contribution in [0.5, 0.6) is 0 Å². The molecule has 0 unspecified atom stereocenters. The highest BCUT2D eigenvalue weighted by Gasteiger charge is 2.17. The Balaban J connectivity index is 2.69. The van der Waals surface area contributed by atoms with Gasteiger partial charge in [-0.1, -0.05) is 24.3 Å². The smallest absolute Gasteiger partial charge is 0.218 e. The molecule has 1 N–H and O–H groups in total. The van der Waals surface area contributed by atoms with Crippen LogP contribution in [0.25, 0.3) is 0 Å². The first-order valence-electron chi connectivity index (χ1n) is 5.61. The van der Waals surface area contributed by atoms with E-state index in [0.29, 0.717) is 18.7 Å². The monoisotopic (exact) mass is 273 g/mol. The maximum atomic E-state index is 12.0. The zero-order valence-corrected chi connectivity index (χ0v) is 11.5. The molecule has 0 bridgehead atoms. The maximum Gasteiger partial charge on any atom is 0.218 e. The number of hydrogen-bond acceptors (Lipinski definition) is 4. The van der Waals surface area contributed by atoms with Gasteiger partial charge in [0, 0.05) is 20.7 Å². The number of aliphatic hydroxyl groups excluding tert-OH is 1. The molecule has 0 aromatic heterocycles. The van der Waals surface area contributed by atoms with Crippen LogP contribution in [0.1, 0.15) is 11.1 Å². The van der Waals surface area contributed by atoms with Crippen molar-refractivity contribution in [3.05, 3.63) is 35.4 Å². The lowest BCUT2D eigenvalue weighted by molar-refractivity contribution is 0.185. The molecule has 0 atom stereocenters. The molecule has 0 aliphatic carbocycles. The number of sulfonamides is 1. The Morgan fingerprint density at radius 1 is 1.22 bits per heavy atom. The third kappa shape index (κ3) is 4.38. The normalized spacial score (nSPS) is 12.0. The van der Waals surface area contributed by atoms with E-state index in [1.54, 1.807) is 24.3 Å². The standard InChI is InChI=1S/C12H19NO4S/c1-13(7-8-17-2)18(15,16)10-12-5-3-11(9-14)4-6-12/h3-6,14H,7-10H2,1-2H3. The van der Waals surface area contributed by atoms with Crippen molar-refractivity contribution in [1.29, 1.82) is 0 Å². The SMILES string of the molecule is COCCN(C)S(=O)(=O)Cc1ccc(CO)cc1. The maximum absolute atomic E-state index is 12.0. The molecule has 1 aromatic rings. The van der Waals surface area contributed by atoms with Crippen molar-refractivity contribution in [3.63, 3.8) is 0 Å². The molecule has 0 saturated heterocycles. The lowest BCUT2D eigenvalue weighted by Crippen LogP contribution is -2.31. The van der Waals surface area contributed by atoms with Crippen molar-refractivity contribution in [2.45, 2.75) is 12.4 Å². The van der Waals surface area contributed by atoms with E-state index >= 15 is 0 Å². The zero-order chi connectivity index (χ0) is 13.6. The van der Waals surface area contributed by atoms with Gasteiger partial charge in [-0.3, -0.25) is 0 Å². The van der Waals surface area contributed by atoms with Crippen LogP contribution >= 0.6 is 0 Å². The lowest BCUT2D eigenvalue weighted by atomic mass is 10.2. The first kappa shape index (κ1) is 15.1. The van der Waals surface area contributed by atoms with Crippen LogP contribution in [0.2, 0.25) is 0 Å². The van der Waals surface area contributed by atoms with Gasteiger partial charge in [0.2, 0.25) is 10.0 Å². The van der Waals surface area contributed by atoms with E-state index in [4.69, 9.17) is 9.84 Å². The first-order chi connectivity index (χ1) is 8.49. The average molecular weight is 273 g/mol. The summed E-state index contributed by atoms with van der Waals surface area (Å²) in [7, 11) is -0.240. The Morgan fingerprint density at radius 3 is 2.28 bits per heavy atom. The minimum Gasteiger partial charge on any atom is -0.392 e. The van der Waals surface area contributed by atoms with Crippen LogP contribution in [-0.4, -0.2) is 45.1 Å². The van der Waals surface area contributed by atoms with Crippen molar-refractivity contribution in [2.24, 2.45) is 0 Å². The molecule has 18 heavy (non-hydrogen) atoms. The number of hydrogen-bond donors (Lipinski definition) is 1. The van der Waals surface area contributed by atoms with Gasteiger partial charge < -0.3 is 9.84 Å². The van der Waals surface area contributed by atoms with Gasteiger partial charge in [0.15, 0.2) is 0 Å². The Labute approximate surface area is 108 Å². The van der Waals surface area contributed by atoms with Crippen molar-refractivity contribution >= 4 is 10.0 Å². The van der Waals surface area contributed by atoms with E-state index in [1.807, 2.05) is 0 Å². The van der Waals surface area contributed by atoms with E-state index in [-0.39, 0.29) is 12.4 Å². The molecule has 0 aliphatic rings. The molecule has 0 heterocycles. The van der Waals surface area contributed by atoms with E-state index in [9.17, 15) is 8.42 Å². The third-order valence-corrected chi connectivity index (χ3v) is 4.47. The highest BCUT2D eigenvalue weighted by molar-refractivity contribution is 7.88. The van der Waals surface area contributed by atoms with E-state index in [1.165, 1.54) is 18.5 Å². The van der Waals surface area contributed by atoms with Gasteiger partial charge in [0.05, 0.1) is 19.0 Å². The number of likely N-dealkylation sites (N-methyl/N-ethyl adjacent to an activating group) is 1. The fourth-order valence-electron chi connectivity index (χ4n) is 1.42. The highest BCUT2D eigenvalue weighted by atomic mass is 32.2. The van der Waals surface area contributed by atoms with Gasteiger partial charge in [-0.05, 0) is 11.1 Å². The number of methoxy groups -OCH3 is 1. The fraction of sp³-hybridized carbons (Fsp3) is 0.500. The second-order valence-electron chi connectivity index (χ2n) is 4.05. The van der Waals surface area contributed by atoms with Gasteiger partial charge in [0.25, 0.3) is 0 Å². The van der Waals surface area contributed by atoms with Gasteiger partial charge in [-0.15, -0.1) is 0 Å². The molecule has 1 rings (SSSR count). The van der Waals surface area contributed by atoms with Crippen molar-refractivity contribution in [1.82, 2.24) is 4.31 Å². The largest absolute Gasteiger partial charge is 0.392 e. The van der Waals surface area contributed by atoms with Crippen LogP contribution in [0.4, 0.5) is 0 Å². The van der Waals surface area contributed by atoms with Crippen LogP contribution in [0.15, 0.2) is 24.3 Å². The van der Waals surface area contributed by atoms with Crippen LogP contribution in [0.3, 0.4) is 0 Å². The summed E-state index contributed by atoms with van der Waals surface area (Å²) < 4.78 is 30.1. The summed E-state index contributed by atoms with van der Waals surface area (Å²) >= 11 is 0. The van der Waals surface area contributed by atoms with E-state index in [2.05, 4.69) is 0 Å². The quantitative estimate of drug-likeness (QED) is 0.789. The molecule has 0 aliphatic heterocycles. The molecule has 1 aromatic carbocycles. The van der Waals surface area contributed by atoms with E-state index in [0.717, 1.165) is 5.56 Å². The molecule has 0 spiro atoms. The van der Waals surface area contributed by atoms with Gasteiger partial charge in [0.1, 0.15) is 0 Å². The summed E-state index contributed by atoms with van der Waals surface area (Å²) in [6.07, 6.45) is 0. The van der Waals surface area contributed by atoms with Gasteiger partial charge >= 0.3 is 0 Å². The Hall–Kier alpha value is -0.950. The second-order valence-corrected chi connectivity index (χ2v) is 6.12. The van der Waals surface area contributed by atoms with Crippen LogP contribution in [-0.2, 0) is 27.1 Å². The summed E-state index contributed by atoms with van der Waals surface area (Å²) in [5.74, 6) is -0.0427. The van der Waals surface area contributed by atoms with E-state index < -0.39 is 10.0 Å². The van der Waals surface area contributed by atoms with Crippen molar-refractivity contribution in [3.8, 4) is 0 Å². The molecule has 6 heteroatoms. The molecule has 0 saturated carbocycles. The van der Waals surface area contributed by atoms with Crippen molar-refractivity contribution < 1.29 is 18.3 Å².